The van der Waals surface area contributed by atoms with E-state index in [0.717, 1.165) is 55.1 Å². The van der Waals surface area contributed by atoms with Gasteiger partial charge in [-0.2, -0.15) is 10.2 Å². The fourth-order valence-electron chi connectivity index (χ4n) is 4.02. The molecule has 7 heteroatoms. The van der Waals surface area contributed by atoms with Crippen LogP contribution in [-0.2, 0) is 11.3 Å². The molecule has 0 spiro atoms. The third-order valence-corrected chi connectivity index (χ3v) is 5.65. The second-order valence-electron chi connectivity index (χ2n) is 7.76. The second-order valence-corrected chi connectivity index (χ2v) is 7.76. The molecule has 0 aromatic carbocycles. The molecule has 2 aromatic heterocycles. The van der Waals surface area contributed by atoms with Crippen molar-refractivity contribution < 1.29 is 4.79 Å². The number of rotatable bonds is 5. The zero-order chi connectivity index (χ0) is 18.1. The molecule has 1 aliphatic carbocycles. The molecule has 1 unspecified atom stereocenters. The Kier molecular flexibility index (Phi) is 4.61. The molecule has 2 N–H and O–H groups in total. The summed E-state index contributed by atoms with van der Waals surface area (Å²) < 4.78 is 0. The van der Waals surface area contributed by atoms with Gasteiger partial charge in [-0.25, -0.2) is 0 Å². The first kappa shape index (κ1) is 17.0. The van der Waals surface area contributed by atoms with Crippen molar-refractivity contribution in [1.29, 1.82) is 0 Å². The Labute approximate surface area is 153 Å². The monoisotopic (exact) mass is 354 g/mol. The Hall–Kier alpha value is -2.44. The number of amides is 1. The smallest absolute Gasteiger partial charge is 0.223 e. The lowest BCUT2D eigenvalue weighted by molar-refractivity contribution is -0.129. The molecule has 7 nitrogen and oxygen atoms in total. The summed E-state index contributed by atoms with van der Waals surface area (Å²) in [6.07, 6.45) is 4.91. The van der Waals surface area contributed by atoms with Gasteiger partial charge in [-0.15, -0.1) is 5.10 Å². The van der Waals surface area contributed by atoms with Crippen LogP contribution in [0, 0.1) is 18.8 Å². The predicted octanol–water partition coefficient (Wildman–Crippen LogP) is 2.16. The molecule has 1 atom stereocenters. The number of H-pyrrole nitrogens is 1. The largest absolute Gasteiger partial charge is 0.354 e. The van der Waals surface area contributed by atoms with Gasteiger partial charge in [0.2, 0.25) is 5.91 Å². The number of nitrogens with one attached hydrogen (secondary N) is 2. The number of hydrogen-bond acceptors (Lipinski definition) is 5. The van der Waals surface area contributed by atoms with Gasteiger partial charge >= 0.3 is 0 Å². The summed E-state index contributed by atoms with van der Waals surface area (Å²) in [7, 11) is 0. The number of carbonyl (C=O) groups excluding carboxylic acids is 1. The normalized spacial score (nSPS) is 25.2. The lowest BCUT2D eigenvalue weighted by Crippen LogP contribution is -2.37. The SMILES string of the molecule is Cc1ccc(N2CCC(c3[nH]ncc3CNC(=O)C3CC(C)C3)C2)nn1. The lowest BCUT2D eigenvalue weighted by Gasteiger charge is -2.31. The summed E-state index contributed by atoms with van der Waals surface area (Å²) in [4.78, 5) is 14.5. The van der Waals surface area contributed by atoms with Crippen molar-refractivity contribution in [1.82, 2.24) is 25.7 Å². The van der Waals surface area contributed by atoms with Gasteiger partial charge in [0.15, 0.2) is 5.82 Å². The molecule has 0 radical (unpaired) electrons. The summed E-state index contributed by atoms with van der Waals surface area (Å²) in [6, 6.07) is 4.02. The number of carbonyl (C=O) groups is 1. The molecule has 2 aromatic rings. The van der Waals surface area contributed by atoms with E-state index in [9.17, 15) is 4.79 Å². The van der Waals surface area contributed by atoms with Gasteiger partial charge in [0.05, 0.1) is 11.9 Å². The van der Waals surface area contributed by atoms with Crippen molar-refractivity contribution in [2.45, 2.75) is 45.6 Å². The minimum atomic E-state index is 0.179. The van der Waals surface area contributed by atoms with Crippen molar-refractivity contribution in [3.63, 3.8) is 0 Å². The molecule has 1 saturated heterocycles. The molecule has 1 aliphatic heterocycles. The van der Waals surface area contributed by atoms with E-state index in [1.54, 1.807) is 0 Å². The van der Waals surface area contributed by atoms with Crippen LogP contribution in [0.3, 0.4) is 0 Å². The van der Waals surface area contributed by atoms with Crippen LogP contribution in [0.25, 0.3) is 0 Å². The second kappa shape index (κ2) is 7.05. The van der Waals surface area contributed by atoms with E-state index in [-0.39, 0.29) is 11.8 Å². The standard InChI is InChI=1S/C19H26N6O/c1-12-7-15(8-12)19(26)20-9-16-10-21-24-18(16)14-5-6-25(11-14)17-4-3-13(2)22-23-17/h3-4,10,12,14-15H,5-9,11H2,1-2H3,(H,20,26)(H,21,24). The van der Waals surface area contributed by atoms with E-state index < -0.39 is 0 Å². The van der Waals surface area contributed by atoms with Crippen LogP contribution in [0.2, 0.25) is 0 Å². The van der Waals surface area contributed by atoms with Crippen LogP contribution in [0.5, 0.6) is 0 Å². The fourth-order valence-corrected chi connectivity index (χ4v) is 4.02. The van der Waals surface area contributed by atoms with Gasteiger partial charge in [-0.05, 0) is 44.2 Å². The number of aromatic nitrogens is 4. The highest BCUT2D eigenvalue weighted by Gasteiger charge is 2.32. The van der Waals surface area contributed by atoms with Crippen molar-refractivity contribution in [3.8, 4) is 0 Å². The Bertz CT molecular complexity index is 765. The molecule has 4 rings (SSSR count). The van der Waals surface area contributed by atoms with Crippen molar-refractivity contribution in [3.05, 3.63) is 35.3 Å². The molecule has 3 heterocycles. The first-order chi connectivity index (χ1) is 12.6. The van der Waals surface area contributed by atoms with Crippen LogP contribution < -0.4 is 10.2 Å². The average molecular weight is 354 g/mol. The average Bonchev–Trinajstić information content (AvgIpc) is 3.26. The van der Waals surface area contributed by atoms with Crippen molar-refractivity contribution in [2.24, 2.45) is 11.8 Å². The third-order valence-electron chi connectivity index (χ3n) is 5.65. The summed E-state index contributed by atoms with van der Waals surface area (Å²) in [5.74, 6) is 2.35. The first-order valence-electron chi connectivity index (χ1n) is 9.45. The molecular formula is C19H26N6O. The number of aryl methyl sites for hydroxylation is 1. The topological polar surface area (TPSA) is 86.8 Å². The molecule has 1 amide bonds. The Morgan fingerprint density at radius 3 is 2.92 bits per heavy atom. The molecule has 0 bridgehead atoms. The van der Waals surface area contributed by atoms with Crippen LogP contribution in [-0.4, -0.2) is 39.4 Å². The molecule has 1 saturated carbocycles. The zero-order valence-electron chi connectivity index (χ0n) is 15.4. The number of hydrogen-bond donors (Lipinski definition) is 2. The lowest BCUT2D eigenvalue weighted by atomic mass is 9.75. The van der Waals surface area contributed by atoms with Gasteiger partial charge in [0.1, 0.15) is 0 Å². The van der Waals surface area contributed by atoms with Crippen molar-refractivity contribution >= 4 is 11.7 Å². The minimum absolute atomic E-state index is 0.179. The Morgan fingerprint density at radius 1 is 1.35 bits per heavy atom. The molecule has 2 aliphatic rings. The maximum Gasteiger partial charge on any atom is 0.223 e. The molecular weight excluding hydrogens is 328 g/mol. The van der Waals surface area contributed by atoms with E-state index in [2.05, 4.69) is 37.5 Å². The summed E-state index contributed by atoms with van der Waals surface area (Å²) in [5.41, 5.74) is 3.15. The quantitative estimate of drug-likeness (QED) is 0.859. The number of anilines is 1. The maximum absolute atomic E-state index is 12.2. The fraction of sp³-hybridized carbons (Fsp3) is 0.579. The van der Waals surface area contributed by atoms with Gasteiger partial charge in [0, 0.05) is 42.7 Å². The van der Waals surface area contributed by atoms with Crippen LogP contribution in [0.1, 0.15) is 49.1 Å². The van der Waals surface area contributed by atoms with E-state index in [1.165, 1.54) is 0 Å². The highest BCUT2D eigenvalue weighted by atomic mass is 16.1. The zero-order valence-corrected chi connectivity index (χ0v) is 15.4. The van der Waals surface area contributed by atoms with Gasteiger partial charge in [-0.3, -0.25) is 9.89 Å². The van der Waals surface area contributed by atoms with Gasteiger partial charge in [-0.1, -0.05) is 6.92 Å². The molecule has 2 fully saturated rings. The Balaban J connectivity index is 1.36. The van der Waals surface area contributed by atoms with E-state index in [1.807, 2.05) is 25.3 Å². The highest BCUT2D eigenvalue weighted by molar-refractivity contribution is 5.79. The van der Waals surface area contributed by atoms with E-state index in [4.69, 9.17) is 0 Å². The van der Waals surface area contributed by atoms with Crippen LogP contribution in [0.15, 0.2) is 18.3 Å². The van der Waals surface area contributed by atoms with Crippen molar-refractivity contribution in [2.75, 3.05) is 18.0 Å². The number of aromatic amines is 1. The van der Waals surface area contributed by atoms with Crippen LogP contribution in [0.4, 0.5) is 5.82 Å². The van der Waals surface area contributed by atoms with E-state index in [0.29, 0.717) is 18.4 Å². The summed E-state index contributed by atoms with van der Waals surface area (Å²) >= 11 is 0. The first-order valence-corrected chi connectivity index (χ1v) is 9.45. The highest BCUT2D eigenvalue weighted by Crippen LogP contribution is 2.33. The molecule has 138 valence electrons. The molecule has 26 heavy (non-hydrogen) atoms. The summed E-state index contributed by atoms with van der Waals surface area (Å²) in [6.45, 7) is 6.53. The van der Waals surface area contributed by atoms with Gasteiger partial charge < -0.3 is 10.2 Å². The number of nitrogens with zero attached hydrogens (tertiary/aromatic N) is 4. The Morgan fingerprint density at radius 2 is 2.19 bits per heavy atom. The minimum Gasteiger partial charge on any atom is -0.354 e. The van der Waals surface area contributed by atoms with Gasteiger partial charge in [0.25, 0.3) is 0 Å². The third kappa shape index (κ3) is 3.43. The maximum atomic E-state index is 12.2. The van der Waals surface area contributed by atoms with E-state index >= 15 is 0 Å². The van der Waals surface area contributed by atoms with Crippen LogP contribution >= 0.6 is 0 Å². The predicted molar refractivity (Wildman–Crippen MR) is 98.7 cm³/mol. The summed E-state index contributed by atoms with van der Waals surface area (Å²) in [5, 5.41) is 18.9.